The van der Waals surface area contributed by atoms with E-state index in [-0.39, 0.29) is 44.0 Å². The van der Waals surface area contributed by atoms with E-state index in [1.807, 2.05) is 6.08 Å². The first-order chi connectivity index (χ1) is 34.0. The van der Waals surface area contributed by atoms with E-state index in [1.165, 1.54) is 116 Å². The van der Waals surface area contributed by atoms with Crippen molar-refractivity contribution in [3.63, 3.8) is 0 Å². The molecule has 0 rings (SSSR count). The zero-order valence-corrected chi connectivity index (χ0v) is 44.5. The molecular weight excluding hydrogens is 853 g/mol. The molecule has 0 unspecified atom stereocenters. The Morgan fingerprint density at radius 2 is 0.565 bits per heavy atom. The third-order valence-electron chi connectivity index (χ3n) is 11.4. The van der Waals surface area contributed by atoms with Crippen LogP contribution in [0, 0.1) is 0 Å². The average Bonchev–Trinajstić information content (AvgIpc) is 3.35. The molecule has 0 aromatic rings. The van der Waals surface area contributed by atoms with Gasteiger partial charge in [-0.25, -0.2) is 0 Å². The summed E-state index contributed by atoms with van der Waals surface area (Å²) in [6.07, 6.45) is 77.7. The van der Waals surface area contributed by atoms with Crippen LogP contribution in [0.2, 0.25) is 0 Å². The van der Waals surface area contributed by atoms with E-state index in [9.17, 15) is 14.4 Å². The maximum absolute atomic E-state index is 12.8. The largest absolute Gasteiger partial charge is 0.462 e. The molecule has 0 saturated heterocycles. The predicted molar refractivity (Wildman–Crippen MR) is 297 cm³/mol. The highest BCUT2D eigenvalue weighted by Gasteiger charge is 2.19. The fourth-order valence-corrected chi connectivity index (χ4v) is 7.18. The third kappa shape index (κ3) is 54.6. The van der Waals surface area contributed by atoms with E-state index in [1.54, 1.807) is 0 Å². The lowest BCUT2D eigenvalue weighted by molar-refractivity contribution is -0.166. The minimum absolute atomic E-state index is 0.134. The van der Waals surface area contributed by atoms with E-state index in [4.69, 9.17) is 14.2 Å². The number of hydrogen-bond donors (Lipinski definition) is 0. The molecule has 390 valence electrons. The van der Waals surface area contributed by atoms with Crippen molar-refractivity contribution in [3.8, 4) is 0 Å². The number of esters is 3. The first-order valence-electron chi connectivity index (χ1n) is 28.0. The number of ether oxygens (including phenoxy) is 3. The standard InChI is InChI=1S/C63H102O6/c1-4-7-10-13-16-19-22-25-28-30-31-33-36-38-41-44-47-50-53-56-62(65)68-59-60(69-63(66)57-54-51-48-45-42-39-34-27-24-21-18-15-12-9-6-3)58-67-61(64)55-52-49-46-43-40-37-35-32-29-26-23-20-17-14-11-8-5-2/h16-17,19-21,24-26,28-29,31,33,35,37-38,41,43,46-47,50,60H,4-15,18,22-23,27,30,32,34,36,39-40,42,44-45,48-49,51-59H2,1-3H3/b19-16-,20-17-,24-21-,28-25-,29-26-,33-31-,37-35-,41-38-,46-43-,50-47-/t60-/m0/s1. The van der Waals surface area contributed by atoms with Crippen LogP contribution < -0.4 is 0 Å². The summed E-state index contributed by atoms with van der Waals surface area (Å²) in [5, 5.41) is 0. The van der Waals surface area contributed by atoms with E-state index in [0.717, 1.165) is 70.6 Å². The second-order valence-corrected chi connectivity index (χ2v) is 18.1. The van der Waals surface area contributed by atoms with Crippen molar-refractivity contribution in [1.82, 2.24) is 0 Å². The van der Waals surface area contributed by atoms with E-state index in [0.29, 0.717) is 19.3 Å². The molecule has 0 fully saturated rings. The Morgan fingerprint density at radius 3 is 0.986 bits per heavy atom. The number of allylic oxidation sites excluding steroid dienone is 20. The summed E-state index contributed by atoms with van der Waals surface area (Å²) in [4.78, 5) is 38.1. The molecule has 0 N–H and O–H groups in total. The summed E-state index contributed by atoms with van der Waals surface area (Å²) in [6.45, 7) is 6.45. The van der Waals surface area contributed by atoms with Gasteiger partial charge in [0.15, 0.2) is 6.10 Å². The van der Waals surface area contributed by atoms with Gasteiger partial charge >= 0.3 is 17.9 Å². The summed E-state index contributed by atoms with van der Waals surface area (Å²) >= 11 is 0. The van der Waals surface area contributed by atoms with Crippen LogP contribution in [-0.2, 0) is 28.6 Å². The molecule has 0 aliphatic heterocycles. The van der Waals surface area contributed by atoms with Crippen LogP contribution in [0.15, 0.2) is 122 Å². The van der Waals surface area contributed by atoms with Crippen LogP contribution in [0.1, 0.15) is 239 Å². The van der Waals surface area contributed by atoms with Gasteiger partial charge in [-0.3, -0.25) is 14.4 Å². The van der Waals surface area contributed by atoms with Crippen molar-refractivity contribution in [1.29, 1.82) is 0 Å². The van der Waals surface area contributed by atoms with Crippen molar-refractivity contribution < 1.29 is 28.6 Å². The van der Waals surface area contributed by atoms with Crippen molar-refractivity contribution in [3.05, 3.63) is 122 Å². The molecule has 0 heterocycles. The normalized spacial score (nSPS) is 13.0. The van der Waals surface area contributed by atoms with E-state index < -0.39 is 6.10 Å². The van der Waals surface area contributed by atoms with E-state index >= 15 is 0 Å². The van der Waals surface area contributed by atoms with Gasteiger partial charge in [0.25, 0.3) is 0 Å². The number of unbranched alkanes of at least 4 members (excludes halogenated alkanes) is 18. The van der Waals surface area contributed by atoms with Gasteiger partial charge in [0.2, 0.25) is 0 Å². The van der Waals surface area contributed by atoms with Crippen molar-refractivity contribution in [2.45, 2.75) is 245 Å². The van der Waals surface area contributed by atoms with Gasteiger partial charge in [0.05, 0.1) is 0 Å². The van der Waals surface area contributed by atoms with Gasteiger partial charge < -0.3 is 14.2 Å². The highest BCUT2D eigenvalue weighted by atomic mass is 16.6. The Balaban J connectivity index is 4.60. The molecule has 0 aromatic carbocycles. The fourth-order valence-electron chi connectivity index (χ4n) is 7.18. The molecule has 0 aliphatic carbocycles. The predicted octanol–water partition coefficient (Wildman–Crippen LogP) is 18.9. The Bertz CT molecular complexity index is 1470. The van der Waals surface area contributed by atoms with E-state index in [2.05, 4.69) is 136 Å². The maximum atomic E-state index is 12.8. The Labute approximate surface area is 424 Å². The molecule has 0 amide bonds. The summed E-state index contributed by atoms with van der Waals surface area (Å²) < 4.78 is 16.7. The molecule has 6 heteroatoms. The van der Waals surface area contributed by atoms with Crippen LogP contribution in [0.5, 0.6) is 0 Å². The molecule has 69 heavy (non-hydrogen) atoms. The number of hydrogen-bond acceptors (Lipinski definition) is 6. The Kier molecular flexibility index (Phi) is 53.0. The van der Waals surface area contributed by atoms with Gasteiger partial charge in [0, 0.05) is 19.3 Å². The van der Waals surface area contributed by atoms with Crippen LogP contribution in [0.4, 0.5) is 0 Å². The second-order valence-electron chi connectivity index (χ2n) is 18.1. The van der Waals surface area contributed by atoms with Crippen molar-refractivity contribution in [2.24, 2.45) is 0 Å². The zero-order chi connectivity index (χ0) is 50.0. The van der Waals surface area contributed by atoms with Crippen LogP contribution in [0.25, 0.3) is 0 Å². The van der Waals surface area contributed by atoms with Gasteiger partial charge in [0.1, 0.15) is 13.2 Å². The van der Waals surface area contributed by atoms with Crippen molar-refractivity contribution in [2.75, 3.05) is 13.2 Å². The Morgan fingerprint density at radius 1 is 0.290 bits per heavy atom. The molecular formula is C63H102O6. The first kappa shape index (κ1) is 64.8. The first-order valence-corrected chi connectivity index (χ1v) is 28.0. The molecule has 0 radical (unpaired) electrons. The topological polar surface area (TPSA) is 78.9 Å². The van der Waals surface area contributed by atoms with Gasteiger partial charge in [-0.15, -0.1) is 0 Å². The third-order valence-corrected chi connectivity index (χ3v) is 11.4. The smallest absolute Gasteiger partial charge is 0.306 e. The molecule has 0 saturated carbocycles. The number of carbonyl (C=O) groups is 3. The monoisotopic (exact) mass is 955 g/mol. The van der Waals surface area contributed by atoms with Crippen LogP contribution >= 0.6 is 0 Å². The highest BCUT2D eigenvalue weighted by Crippen LogP contribution is 2.13. The van der Waals surface area contributed by atoms with Gasteiger partial charge in [-0.05, 0) is 122 Å². The zero-order valence-electron chi connectivity index (χ0n) is 44.5. The molecule has 6 nitrogen and oxygen atoms in total. The summed E-state index contributed by atoms with van der Waals surface area (Å²) in [7, 11) is 0. The molecule has 1 atom stereocenters. The lowest BCUT2D eigenvalue weighted by Gasteiger charge is -2.18. The van der Waals surface area contributed by atoms with Gasteiger partial charge in [-0.2, -0.15) is 0 Å². The lowest BCUT2D eigenvalue weighted by atomic mass is 10.1. The minimum Gasteiger partial charge on any atom is -0.462 e. The SMILES string of the molecule is CCCCC/C=C\C/C=C\C/C=C\C/C=C\C/C=C\CCC(=O)OC[C@H](COC(=O)CCC/C=C\C/C=C\C/C=C\C/C=C\CCCCC)OC(=O)CCCCCCCCC/C=C\CCCCCC. The number of rotatable bonds is 49. The molecule has 0 spiro atoms. The number of carbonyl (C=O) groups excluding carboxylic acids is 3. The second kappa shape index (κ2) is 56.4. The molecule has 0 aliphatic rings. The summed E-state index contributed by atoms with van der Waals surface area (Å²) in [6, 6.07) is 0. The Hall–Kier alpha value is -4.19. The maximum Gasteiger partial charge on any atom is 0.306 e. The average molecular weight is 956 g/mol. The minimum atomic E-state index is -0.836. The quantitative estimate of drug-likeness (QED) is 0.0262. The van der Waals surface area contributed by atoms with Crippen molar-refractivity contribution >= 4 is 17.9 Å². The summed E-state index contributed by atoms with van der Waals surface area (Å²) in [5.74, 6) is -1.08. The van der Waals surface area contributed by atoms with Crippen LogP contribution in [0.3, 0.4) is 0 Å². The molecule has 0 bridgehead atoms. The summed E-state index contributed by atoms with van der Waals surface area (Å²) in [5.41, 5.74) is 0. The fraction of sp³-hybridized carbons (Fsp3) is 0.635. The highest BCUT2D eigenvalue weighted by molar-refractivity contribution is 5.71. The lowest BCUT2D eigenvalue weighted by Crippen LogP contribution is -2.30. The van der Waals surface area contributed by atoms with Gasteiger partial charge in [-0.1, -0.05) is 219 Å². The molecule has 0 aromatic heterocycles. The van der Waals surface area contributed by atoms with Crippen LogP contribution in [-0.4, -0.2) is 37.2 Å².